The monoisotopic (exact) mass is 238 g/mol. The third-order valence-electron chi connectivity index (χ3n) is 3.24. The summed E-state index contributed by atoms with van der Waals surface area (Å²) in [6.45, 7) is 0.928. The molecule has 0 bridgehead atoms. The van der Waals surface area contributed by atoms with Crippen LogP contribution in [0.1, 0.15) is 30.6 Å². The molecule has 0 spiro atoms. The van der Waals surface area contributed by atoms with Crippen molar-refractivity contribution in [3.63, 3.8) is 0 Å². The van der Waals surface area contributed by atoms with E-state index in [0.717, 1.165) is 17.3 Å². The average molecular weight is 238 g/mol. The highest BCUT2D eigenvalue weighted by Gasteiger charge is 2.19. The molecule has 1 heterocycles. The Morgan fingerprint density at radius 2 is 2.31 bits per heavy atom. The molecule has 88 valence electrons. The van der Waals surface area contributed by atoms with Crippen LogP contribution >= 0.6 is 11.3 Å². The van der Waals surface area contributed by atoms with Crippen LogP contribution in [-0.4, -0.2) is 29.4 Å². The lowest BCUT2D eigenvalue weighted by Crippen LogP contribution is -2.32. The van der Waals surface area contributed by atoms with Gasteiger partial charge in [0, 0.05) is 24.7 Å². The van der Waals surface area contributed by atoms with E-state index in [4.69, 9.17) is 0 Å². The van der Waals surface area contributed by atoms with Crippen LogP contribution in [0.4, 0.5) is 0 Å². The van der Waals surface area contributed by atoms with Crippen LogP contribution in [0.25, 0.3) is 0 Å². The molecule has 3 nitrogen and oxygen atoms in total. The van der Waals surface area contributed by atoms with Crippen molar-refractivity contribution in [3.8, 4) is 0 Å². The summed E-state index contributed by atoms with van der Waals surface area (Å²) in [7, 11) is 1.92. The number of hydrogen-bond acceptors (Lipinski definition) is 3. The number of nitrogens with zero attached hydrogens (tertiary/aromatic N) is 2. The van der Waals surface area contributed by atoms with Gasteiger partial charge in [0.15, 0.2) is 0 Å². The van der Waals surface area contributed by atoms with Gasteiger partial charge in [0.25, 0.3) is 0 Å². The quantitative estimate of drug-likeness (QED) is 0.806. The fraction of sp³-hybridized carbons (Fsp3) is 0.667. The standard InChI is InChI=1S/C12H18N2OS/c1-14(8-10-4-2-3-5-10)12(15)6-11-7-13-9-16-11/h7,9-10H,2-6,8H2,1H3. The van der Waals surface area contributed by atoms with Crippen LogP contribution in [0.5, 0.6) is 0 Å². The van der Waals surface area contributed by atoms with Crippen LogP contribution in [0.2, 0.25) is 0 Å². The summed E-state index contributed by atoms with van der Waals surface area (Å²) in [4.78, 5) is 18.8. The molecule has 0 saturated heterocycles. The predicted molar refractivity (Wildman–Crippen MR) is 65.4 cm³/mol. The summed E-state index contributed by atoms with van der Waals surface area (Å²) in [5, 5.41) is 0. The maximum atomic E-state index is 11.9. The lowest BCUT2D eigenvalue weighted by molar-refractivity contribution is -0.129. The van der Waals surface area contributed by atoms with Gasteiger partial charge in [-0.1, -0.05) is 12.8 Å². The minimum Gasteiger partial charge on any atom is -0.345 e. The minimum absolute atomic E-state index is 0.219. The Hall–Kier alpha value is -0.900. The van der Waals surface area contributed by atoms with Crippen LogP contribution in [0.3, 0.4) is 0 Å². The molecule has 16 heavy (non-hydrogen) atoms. The Morgan fingerprint density at radius 3 is 2.94 bits per heavy atom. The molecule has 0 atom stereocenters. The fourth-order valence-electron chi connectivity index (χ4n) is 2.30. The first-order chi connectivity index (χ1) is 7.75. The summed E-state index contributed by atoms with van der Waals surface area (Å²) in [6, 6.07) is 0. The molecule has 1 amide bonds. The van der Waals surface area contributed by atoms with Gasteiger partial charge in [-0.05, 0) is 18.8 Å². The third kappa shape index (κ3) is 3.04. The molecule has 1 fully saturated rings. The topological polar surface area (TPSA) is 33.2 Å². The number of carbonyl (C=O) groups is 1. The van der Waals surface area contributed by atoms with Gasteiger partial charge in [0.1, 0.15) is 0 Å². The molecule has 4 heteroatoms. The van der Waals surface area contributed by atoms with Crippen molar-refractivity contribution in [3.05, 3.63) is 16.6 Å². The maximum Gasteiger partial charge on any atom is 0.227 e. The highest BCUT2D eigenvalue weighted by atomic mass is 32.1. The second-order valence-electron chi connectivity index (χ2n) is 4.57. The Bertz CT molecular complexity index is 331. The molecule has 1 aromatic rings. The molecule has 0 aromatic carbocycles. The number of aromatic nitrogens is 1. The molecule has 1 aliphatic rings. The molecule has 0 radical (unpaired) electrons. The van der Waals surface area contributed by atoms with E-state index in [9.17, 15) is 4.79 Å². The molecule has 1 aromatic heterocycles. The van der Waals surface area contributed by atoms with E-state index in [1.807, 2.05) is 11.9 Å². The molecular weight excluding hydrogens is 220 g/mol. The highest BCUT2D eigenvalue weighted by Crippen LogP contribution is 2.25. The van der Waals surface area contributed by atoms with Crippen molar-refractivity contribution < 1.29 is 4.79 Å². The normalized spacial score (nSPS) is 16.6. The zero-order valence-electron chi connectivity index (χ0n) is 9.69. The first-order valence-electron chi connectivity index (χ1n) is 5.87. The molecular formula is C12H18N2OS. The van der Waals surface area contributed by atoms with Crippen molar-refractivity contribution in [1.29, 1.82) is 0 Å². The fourth-order valence-corrected chi connectivity index (χ4v) is 2.88. The van der Waals surface area contributed by atoms with Gasteiger partial charge in [0.2, 0.25) is 5.91 Å². The van der Waals surface area contributed by atoms with Crippen molar-refractivity contribution in [2.45, 2.75) is 32.1 Å². The van der Waals surface area contributed by atoms with Crippen molar-refractivity contribution in [2.24, 2.45) is 5.92 Å². The SMILES string of the molecule is CN(CC1CCCC1)C(=O)Cc1cncs1. The molecule has 0 unspecified atom stereocenters. The molecule has 1 aliphatic carbocycles. The van der Waals surface area contributed by atoms with Crippen molar-refractivity contribution >= 4 is 17.2 Å². The zero-order chi connectivity index (χ0) is 11.4. The van der Waals surface area contributed by atoms with Crippen LogP contribution in [-0.2, 0) is 11.2 Å². The second-order valence-corrected chi connectivity index (χ2v) is 5.54. The van der Waals surface area contributed by atoms with Gasteiger partial charge in [-0.2, -0.15) is 0 Å². The lowest BCUT2D eigenvalue weighted by atomic mass is 10.1. The second kappa shape index (κ2) is 5.43. The number of carbonyl (C=O) groups excluding carboxylic acids is 1. The summed E-state index contributed by atoms with van der Waals surface area (Å²) >= 11 is 1.55. The molecule has 0 aliphatic heterocycles. The Kier molecular flexibility index (Phi) is 3.93. The highest BCUT2D eigenvalue weighted by molar-refractivity contribution is 7.09. The number of rotatable bonds is 4. The van der Waals surface area contributed by atoms with Gasteiger partial charge in [-0.3, -0.25) is 9.78 Å². The van der Waals surface area contributed by atoms with Gasteiger partial charge >= 0.3 is 0 Å². The predicted octanol–water partition coefficient (Wildman–Crippen LogP) is 2.33. The largest absolute Gasteiger partial charge is 0.345 e. The minimum atomic E-state index is 0.219. The lowest BCUT2D eigenvalue weighted by Gasteiger charge is -2.20. The van der Waals surface area contributed by atoms with Gasteiger partial charge in [0.05, 0.1) is 11.9 Å². The zero-order valence-corrected chi connectivity index (χ0v) is 10.5. The third-order valence-corrected chi connectivity index (χ3v) is 4.02. The number of thiazole rings is 1. The van der Waals surface area contributed by atoms with E-state index in [-0.39, 0.29) is 5.91 Å². The summed E-state index contributed by atoms with van der Waals surface area (Å²) in [5.74, 6) is 0.951. The van der Waals surface area contributed by atoms with Gasteiger partial charge < -0.3 is 4.90 Å². The van der Waals surface area contributed by atoms with Crippen LogP contribution < -0.4 is 0 Å². The summed E-state index contributed by atoms with van der Waals surface area (Å²) in [5.41, 5.74) is 1.78. The average Bonchev–Trinajstić information content (AvgIpc) is 2.90. The Balaban J connectivity index is 1.79. The van der Waals surface area contributed by atoms with Crippen molar-refractivity contribution in [2.75, 3.05) is 13.6 Å². The first kappa shape index (κ1) is 11.6. The van der Waals surface area contributed by atoms with Gasteiger partial charge in [-0.15, -0.1) is 11.3 Å². The summed E-state index contributed by atoms with van der Waals surface area (Å²) < 4.78 is 0. The molecule has 0 N–H and O–H groups in total. The Labute approximate surface area is 100 Å². The number of hydrogen-bond donors (Lipinski definition) is 0. The van der Waals surface area contributed by atoms with Crippen molar-refractivity contribution in [1.82, 2.24) is 9.88 Å². The van der Waals surface area contributed by atoms with E-state index >= 15 is 0 Å². The van der Waals surface area contributed by atoms with E-state index in [1.165, 1.54) is 25.7 Å². The summed E-state index contributed by atoms with van der Waals surface area (Å²) in [6.07, 6.45) is 7.54. The van der Waals surface area contributed by atoms with E-state index < -0.39 is 0 Å². The van der Waals surface area contributed by atoms with E-state index in [1.54, 1.807) is 23.0 Å². The first-order valence-corrected chi connectivity index (χ1v) is 6.75. The van der Waals surface area contributed by atoms with E-state index in [2.05, 4.69) is 4.98 Å². The Morgan fingerprint density at radius 1 is 1.56 bits per heavy atom. The molecule has 1 saturated carbocycles. The molecule has 2 rings (SSSR count). The van der Waals surface area contributed by atoms with E-state index in [0.29, 0.717) is 6.42 Å². The van der Waals surface area contributed by atoms with Crippen LogP contribution in [0.15, 0.2) is 11.7 Å². The van der Waals surface area contributed by atoms with Crippen LogP contribution in [0, 0.1) is 5.92 Å². The number of amides is 1. The maximum absolute atomic E-state index is 11.9. The smallest absolute Gasteiger partial charge is 0.227 e. The number of likely N-dealkylation sites (N-methyl/N-ethyl adjacent to an activating group) is 1. The van der Waals surface area contributed by atoms with Gasteiger partial charge in [-0.25, -0.2) is 0 Å².